The van der Waals surface area contributed by atoms with Crippen molar-refractivity contribution in [2.45, 2.75) is 38.9 Å². The Balaban J connectivity index is 2.44. The van der Waals surface area contributed by atoms with Crippen LogP contribution in [0.25, 0.3) is 0 Å². The minimum Gasteiger partial charge on any atom is -0.490 e. The first kappa shape index (κ1) is 17.2. The van der Waals surface area contributed by atoms with E-state index in [2.05, 4.69) is 6.92 Å². The van der Waals surface area contributed by atoms with Gasteiger partial charge in [-0.15, -0.1) is 0 Å². The number of rotatable bonds is 9. The molecule has 0 aromatic heterocycles. The fourth-order valence-corrected chi connectivity index (χ4v) is 1.86. The third kappa shape index (κ3) is 6.09. The molecule has 1 aromatic carbocycles. The van der Waals surface area contributed by atoms with E-state index >= 15 is 0 Å². The molecule has 2 N–H and O–H groups in total. The molecule has 0 radical (unpaired) electrons. The summed E-state index contributed by atoms with van der Waals surface area (Å²) in [6.07, 6.45) is 0.678. The smallest absolute Gasteiger partial charge is 0.125 e. The Bertz CT molecular complexity index is 395. The SMILES string of the molecule is CCCCOCC(O)COc1ccc(Cl)cc1[C@@H](C)O. The molecule has 0 saturated carbocycles. The molecule has 1 rings (SSSR count). The molecule has 20 heavy (non-hydrogen) atoms. The number of aliphatic hydroxyl groups excluding tert-OH is 2. The lowest BCUT2D eigenvalue weighted by Gasteiger charge is -2.16. The fraction of sp³-hybridized carbons (Fsp3) is 0.600. The van der Waals surface area contributed by atoms with Crippen LogP contribution in [-0.2, 0) is 4.74 Å². The number of aliphatic hydroxyl groups is 2. The lowest BCUT2D eigenvalue weighted by Crippen LogP contribution is -2.24. The molecule has 1 aromatic rings. The number of unbranched alkanes of at least 4 members (excludes halogenated alkanes) is 1. The minimum atomic E-state index is -0.690. The van der Waals surface area contributed by atoms with Crippen molar-refractivity contribution in [1.29, 1.82) is 0 Å². The van der Waals surface area contributed by atoms with Crippen molar-refractivity contribution in [3.8, 4) is 5.75 Å². The van der Waals surface area contributed by atoms with Crippen molar-refractivity contribution in [2.75, 3.05) is 19.8 Å². The zero-order valence-corrected chi connectivity index (χ0v) is 12.8. The van der Waals surface area contributed by atoms with Gasteiger partial charge in [-0.05, 0) is 31.5 Å². The molecule has 0 aliphatic rings. The van der Waals surface area contributed by atoms with E-state index in [9.17, 15) is 10.2 Å². The molecule has 1 unspecified atom stereocenters. The molecule has 0 heterocycles. The van der Waals surface area contributed by atoms with Crippen LogP contribution in [0.15, 0.2) is 18.2 Å². The summed E-state index contributed by atoms with van der Waals surface area (Å²) >= 11 is 5.89. The Morgan fingerprint density at radius 3 is 2.65 bits per heavy atom. The van der Waals surface area contributed by atoms with Gasteiger partial charge in [0.05, 0.1) is 12.7 Å². The van der Waals surface area contributed by atoms with Crippen LogP contribution < -0.4 is 4.74 Å². The van der Waals surface area contributed by atoms with Gasteiger partial charge in [-0.3, -0.25) is 0 Å². The summed E-state index contributed by atoms with van der Waals surface area (Å²) in [5, 5.41) is 20.0. The van der Waals surface area contributed by atoms with Crippen molar-refractivity contribution in [3.05, 3.63) is 28.8 Å². The molecule has 5 heteroatoms. The first-order chi connectivity index (χ1) is 9.54. The van der Waals surface area contributed by atoms with Crippen molar-refractivity contribution >= 4 is 11.6 Å². The van der Waals surface area contributed by atoms with E-state index in [4.69, 9.17) is 21.1 Å². The zero-order chi connectivity index (χ0) is 15.0. The molecule has 2 atom stereocenters. The average Bonchev–Trinajstić information content (AvgIpc) is 2.42. The number of hydrogen-bond donors (Lipinski definition) is 2. The van der Waals surface area contributed by atoms with Crippen molar-refractivity contribution < 1.29 is 19.7 Å². The summed E-state index contributed by atoms with van der Waals surface area (Å²) in [5.74, 6) is 0.525. The zero-order valence-electron chi connectivity index (χ0n) is 12.0. The lowest BCUT2D eigenvalue weighted by atomic mass is 10.1. The molecule has 0 fully saturated rings. The summed E-state index contributed by atoms with van der Waals surface area (Å²) in [5.41, 5.74) is 0.608. The molecule has 0 amide bonds. The average molecular weight is 303 g/mol. The van der Waals surface area contributed by atoms with Crippen molar-refractivity contribution in [3.63, 3.8) is 0 Å². The van der Waals surface area contributed by atoms with Gasteiger partial charge in [0, 0.05) is 17.2 Å². The fourth-order valence-electron chi connectivity index (χ4n) is 1.68. The highest BCUT2D eigenvalue weighted by Gasteiger charge is 2.12. The molecule has 114 valence electrons. The molecule has 0 aliphatic carbocycles. The highest BCUT2D eigenvalue weighted by atomic mass is 35.5. The third-order valence-corrected chi connectivity index (χ3v) is 3.04. The second kappa shape index (κ2) is 9.19. The van der Waals surface area contributed by atoms with Crippen LogP contribution in [0.2, 0.25) is 5.02 Å². The Labute approximate surface area is 125 Å². The highest BCUT2D eigenvalue weighted by Crippen LogP contribution is 2.28. The summed E-state index contributed by atoms with van der Waals surface area (Å²) in [4.78, 5) is 0. The van der Waals surface area contributed by atoms with Gasteiger partial charge < -0.3 is 19.7 Å². The monoisotopic (exact) mass is 302 g/mol. The van der Waals surface area contributed by atoms with Gasteiger partial charge >= 0.3 is 0 Å². The van der Waals surface area contributed by atoms with E-state index in [1.165, 1.54) is 0 Å². The Hall–Kier alpha value is -0.810. The molecule has 0 spiro atoms. The van der Waals surface area contributed by atoms with Gasteiger partial charge in [0.1, 0.15) is 18.5 Å². The maximum absolute atomic E-state index is 9.76. The van der Waals surface area contributed by atoms with E-state index < -0.39 is 12.2 Å². The van der Waals surface area contributed by atoms with Crippen molar-refractivity contribution in [2.24, 2.45) is 0 Å². The van der Waals surface area contributed by atoms with Crippen LogP contribution in [0, 0.1) is 0 Å². The van der Waals surface area contributed by atoms with E-state index in [0.717, 1.165) is 12.8 Å². The molecule has 0 bridgehead atoms. The van der Waals surface area contributed by atoms with Crippen molar-refractivity contribution in [1.82, 2.24) is 0 Å². The highest BCUT2D eigenvalue weighted by molar-refractivity contribution is 6.30. The number of ether oxygens (including phenoxy) is 2. The van der Waals surface area contributed by atoms with E-state index in [1.807, 2.05) is 0 Å². The van der Waals surface area contributed by atoms with Crippen LogP contribution in [0.4, 0.5) is 0 Å². The van der Waals surface area contributed by atoms with Gasteiger partial charge in [0.15, 0.2) is 0 Å². The maximum Gasteiger partial charge on any atom is 0.125 e. The summed E-state index contributed by atoms with van der Waals surface area (Å²) in [6, 6.07) is 5.04. The van der Waals surface area contributed by atoms with Gasteiger partial charge in [0.2, 0.25) is 0 Å². The Morgan fingerprint density at radius 1 is 1.25 bits per heavy atom. The normalized spacial score (nSPS) is 14.1. The van der Waals surface area contributed by atoms with Crippen LogP contribution in [0.5, 0.6) is 5.75 Å². The molecular weight excluding hydrogens is 280 g/mol. The van der Waals surface area contributed by atoms with Gasteiger partial charge in [-0.1, -0.05) is 24.9 Å². The second-order valence-corrected chi connectivity index (χ2v) is 5.19. The summed E-state index contributed by atoms with van der Waals surface area (Å²) in [6.45, 7) is 4.74. The number of halogens is 1. The third-order valence-electron chi connectivity index (χ3n) is 2.81. The Kier molecular flexibility index (Phi) is 7.92. The number of benzene rings is 1. The molecular formula is C15H23ClO4. The summed E-state index contributed by atoms with van der Waals surface area (Å²) < 4.78 is 10.8. The predicted octanol–water partition coefficient (Wildman–Crippen LogP) is 2.95. The molecule has 0 aliphatic heterocycles. The largest absolute Gasteiger partial charge is 0.490 e. The predicted molar refractivity (Wildman–Crippen MR) is 79.3 cm³/mol. The van der Waals surface area contributed by atoms with E-state index in [-0.39, 0.29) is 13.2 Å². The van der Waals surface area contributed by atoms with Crippen LogP contribution in [-0.4, -0.2) is 36.1 Å². The van der Waals surface area contributed by atoms with Gasteiger partial charge in [-0.2, -0.15) is 0 Å². The van der Waals surface area contributed by atoms with E-state index in [1.54, 1.807) is 25.1 Å². The first-order valence-corrected chi connectivity index (χ1v) is 7.28. The van der Waals surface area contributed by atoms with Gasteiger partial charge in [0.25, 0.3) is 0 Å². The molecule has 4 nitrogen and oxygen atoms in total. The van der Waals surface area contributed by atoms with Crippen LogP contribution >= 0.6 is 11.6 Å². The standard InChI is InChI=1S/C15H23ClO4/c1-3-4-7-19-9-13(18)10-20-15-6-5-12(16)8-14(15)11(2)17/h5-6,8,11,13,17-18H,3-4,7,9-10H2,1-2H3/t11-,13?/m1/s1. The van der Waals surface area contributed by atoms with Crippen LogP contribution in [0.1, 0.15) is 38.4 Å². The maximum atomic E-state index is 9.76. The lowest BCUT2D eigenvalue weighted by molar-refractivity contribution is 0.0107. The second-order valence-electron chi connectivity index (χ2n) is 4.75. The Morgan fingerprint density at radius 2 is 2.00 bits per heavy atom. The van der Waals surface area contributed by atoms with Crippen LogP contribution in [0.3, 0.4) is 0 Å². The topological polar surface area (TPSA) is 58.9 Å². The molecule has 0 saturated heterocycles. The number of hydrogen-bond acceptors (Lipinski definition) is 4. The van der Waals surface area contributed by atoms with E-state index in [0.29, 0.717) is 22.9 Å². The first-order valence-electron chi connectivity index (χ1n) is 6.90. The quantitative estimate of drug-likeness (QED) is 0.689. The summed E-state index contributed by atoms with van der Waals surface area (Å²) in [7, 11) is 0. The van der Waals surface area contributed by atoms with Gasteiger partial charge in [-0.25, -0.2) is 0 Å². The minimum absolute atomic E-state index is 0.119.